The number of esters is 1. The largest absolute Gasteiger partial charge is 0.465 e. The van der Waals surface area contributed by atoms with Crippen LogP contribution in [0.5, 0.6) is 0 Å². The maximum absolute atomic E-state index is 11.3. The lowest BCUT2D eigenvalue weighted by molar-refractivity contribution is -0.148. The molecule has 0 aromatic carbocycles. The number of hydrogen-bond acceptors (Lipinski definition) is 2. The number of carbonyl (C=O) groups is 1. The quantitative estimate of drug-likeness (QED) is 0.471. The summed E-state index contributed by atoms with van der Waals surface area (Å²) in [5.74, 6) is 0.577. The SMILES string of the molecule is CCCCOC(=O)C(C)CC(C)C. The monoisotopic (exact) mass is 186 g/mol. The van der Waals surface area contributed by atoms with Gasteiger partial charge in [-0.2, -0.15) is 0 Å². The molecular weight excluding hydrogens is 164 g/mol. The Bertz CT molecular complexity index is 141. The molecule has 0 bridgehead atoms. The molecule has 13 heavy (non-hydrogen) atoms. The minimum Gasteiger partial charge on any atom is -0.465 e. The van der Waals surface area contributed by atoms with Gasteiger partial charge in [0.05, 0.1) is 12.5 Å². The zero-order valence-corrected chi connectivity index (χ0v) is 9.30. The van der Waals surface area contributed by atoms with Crippen molar-refractivity contribution in [3.05, 3.63) is 0 Å². The van der Waals surface area contributed by atoms with Gasteiger partial charge in [-0.15, -0.1) is 0 Å². The Morgan fingerprint density at radius 1 is 1.31 bits per heavy atom. The number of carbonyl (C=O) groups excluding carboxylic acids is 1. The Kier molecular flexibility index (Phi) is 6.65. The van der Waals surface area contributed by atoms with E-state index in [-0.39, 0.29) is 11.9 Å². The lowest BCUT2D eigenvalue weighted by atomic mass is 9.99. The van der Waals surface area contributed by atoms with Crippen LogP contribution >= 0.6 is 0 Å². The van der Waals surface area contributed by atoms with E-state index in [0.29, 0.717) is 12.5 Å². The van der Waals surface area contributed by atoms with Crippen molar-refractivity contribution in [2.45, 2.75) is 47.0 Å². The van der Waals surface area contributed by atoms with Crippen LogP contribution in [-0.4, -0.2) is 12.6 Å². The van der Waals surface area contributed by atoms with E-state index >= 15 is 0 Å². The summed E-state index contributed by atoms with van der Waals surface area (Å²) in [6, 6.07) is 0. The van der Waals surface area contributed by atoms with E-state index in [4.69, 9.17) is 4.74 Å². The topological polar surface area (TPSA) is 26.3 Å². The van der Waals surface area contributed by atoms with Crippen LogP contribution in [0.3, 0.4) is 0 Å². The molecule has 78 valence electrons. The molecule has 0 saturated carbocycles. The highest BCUT2D eigenvalue weighted by Gasteiger charge is 2.15. The second-order valence-electron chi connectivity index (χ2n) is 4.05. The van der Waals surface area contributed by atoms with Crippen molar-refractivity contribution in [2.24, 2.45) is 11.8 Å². The standard InChI is InChI=1S/C11H22O2/c1-5-6-7-13-11(12)10(4)8-9(2)3/h9-10H,5-8H2,1-4H3. The van der Waals surface area contributed by atoms with Crippen molar-refractivity contribution in [1.82, 2.24) is 0 Å². The number of hydrogen-bond donors (Lipinski definition) is 0. The summed E-state index contributed by atoms with van der Waals surface area (Å²) in [5.41, 5.74) is 0. The van der Waals surface area contributed by atoms with Crippen LogP contribution < -0.4 is 0 Å². The average Bonchev–Trinajstić information content (AvgIpc) is 2.03. The molecule has 0 radical (unpaired) electrons. The van der Waals surface area contributed by atoms with Gasteiger partial charge < -0.3 is 4.74 Å². The Morgan fingerprint density at radius 2 is 1.92 bits per heavy atom. The van der Waals surface area contributed by atoms with Crippen molar-refractivity contribution in [3.8, 4) is 0 Å². The highest BCUT2D eigenvalue weighted by molar-refractivity contribution is 5.71. The molecule has 0 aliphatic carbocycles. The van der Waals surface area contributed by atoms with Crippen molar-refractivity contribution in [1.29, 1.82) is 0 Å². The minimum absolute atomic E-state index is 0.0397. The predicted octanol–water partition coefficient (Wildman–Crippen LogP) is 3.01. The molecular formula is C11H22O2. The average molecular weight is 186 g/mol. The van der Waals surface area contributed by atoms with E-state index < -0.39 is 0 Å². The Labute approximate surface area is 81.7 Å². The fourth-order valence-corrected chi connectivity index (χ4v) is 1.26. The molecule has 0 heterocycles. The third-order valence-electron chi connectivity index (χ3n) is 1.97. The Morgan fingerprint density at radius 3 is 2.38 bits per heavy atom. The highest BCUT2D eigenvalue weighted by atomic mass is 16.5. The molecule has 1 unspecified atom stereocenters. The normalized spacial score (nSPS) is 13.0. The van der Waals surface area contributed by atoms with E-state index in [9.17, 15) is 4.79 Å². The molecule has 0 N–H and O–H groups in total. The lowest BCUT2D eigenvalue weighted by Crippen LogP contribution is -2.17. The van der Waals surface area contributed by atoms with Crippen molar-refractivity contribution < 1.29 is 9.53 Å². The van der Waals surface area contributed by atoms with Gasteiger partial charge >= 0.3 is 5.97 Å². The van der Waals surface area contributed by atoms with Crippen molar-refractivity contribution >= 4 is 5.97 Å². The zero-order chi connectivity index (χ0) is 10.3. The van der Waals surface area contributed by atoms with Gasteiger partial charge in [0.25, 0.3) is 0 Å². The van der Waals surface area contributed by atoms with E-state index in [2.05, 4.69) is 20.8 Å². The molecule has 0 aliphatic rings. The Balaban J connectivity index is 3.57. The molecule has 0 amide bonds. The summed E-state index contributed by atoms with van der Waals surface area (Å²) >= 11 is 0. The van der Waals surface area contributed by atoms with Crippen LogP contribution in [0.25, 0.3) is 0 Å². The van der Waals surface area contributed by atoms with Crippen LogP contribution in [0.2, 0.25) is 0 Å². The number of rotatable bonds is 6. The second kappa shape index (κ2) is 6.93. The summed E-state index contributed by atoms with van der Waals surface area (Å²) in [5, 5.41) is 0. The van der Waals surface area contributed by atoms with Crippen molar-refractivity contribution in [3.63, 3.8) is 0 Å². The van der Waals surface area contributed by atoms with Gasteiger partial charge in [0, 0.05) is 0 Å². The minimum atomic E-state index is -0.0397. The third kappa shape index (κ3) is 6.62. The number of ether oxygens (including phenoxy) is 1. The smallest absolute Gasteiger partial charge is 0.308 e. The summed E-state index contributed by atoms with van der Waals surface area (Å²) in [6.45, 7) is 8.85. The molecule has 0 saturated heterocycles. The molecule has 0 aromatic heterocycles. The van der Waals surface area contributed by atoms with E-state index in [1.54, 1.807) is 0 Å². The van der Waals surface area contributed by atoms with Crippen LogP contribution in [0, 0.1) is 11.8 Å². The second-order valence-corrected chi connectivity index (χ2v) is 4.05. The molecule has 0 spiro atoms. The third-order valence-corrected chi connectivity index (χ3v) is 1.97. The van der Waals surface area contributed by atoms with Gasteiger partial charge in [0.15, 0.2) is 0 Å². The fraction of sp³-hybridized carbons (Fsp3) is 0.909. The fourth-order valence-electron chi connectivity index (χ4n) is 1.26. The van der Waals surface area contributed by atoms with E-state index in [1.165, 1.54) is 0 Å². The van der Waals surface area contributed by atoms with Gasteiger partial charge in [-0.25, -0.2) is 0 Å². The van der Waals surface area contributed by atoms with Gasteiger partial charge in [-0.1, -0.05) is 34.1 Å². The number of unbranched alkanes of at least 4 members (excludes halogenated alkanes) is 1. The highest BCUT2D eigenvalue weighted by Crippen LogP contribution is 2.12. The van der Waals surface area contributed by atoms with Gasteiger partial charge in [0.2, 0.25) is 0 Å². The first-order valence-corrected chi connectivity index (χ1v) is 5.24. The lowest BCUT2D eigenvalue weighted by Gasteiger charge is -2.12. The maximum atomic E-state index is 11.3. The maximum Gasteiger partial charge on any atom is 0.308 e. The first-order chi connectivity index (χ1) is 6.07. The first-order valence-electron chi connectivity index (χ1n) is 5.24. The summed E-state index contributed by atoms with van der Waals surface area (Å²) < 4.78 is 5.11. The van der Waals surface area contributed by atoms with Gasteiger partial charge in [0.1, 0.15) is 0 Å². The Hall–Kier alpha value is -0.530. The predicted molar refractivity (Wildman–Crippen MR) is 54.5 cm³/mol. The molecule has 0 fully saturated rings. The summed E-state index contributed by atoms with van der Waals surface area (Å²) in [6.07, 6.45) is 2.97. The summed E-state index contributed by atoms with van der Waals surface area (Å²) in [7, 11) is 0. The van der Waals surface area contributed by atoms with Crippen LogP contribution in [0.4, 0.5) is 0 Å². The van der Waals surface area contributed by atoms with Crippen LogP contribution in [0.1, 0.15) is 47.0 Å². The molecule has 2 heteroatoms. The van der Waals surface area contributed by atoms with Gasteiger partial charge in [-0.3, -0.25) is 4.79 Å². The van der Waals surface area contributed by atoms with Crippen molar-refractivity contribution in [2.75, 3.05) is 6.61 Å². The molecule has 2 nitrogen and oxygen atoms in total. The molecule has 0 aromatic rings. The molecule has 0 rings (SSSR count). The summed E-state index contributed by atoms with van der Waals surface area (Å²) in [4.78, 5) is 11.3. The molecule has 1 atom stereocenters. The van der Waals surface area contributed by atoms with Crippen LogP contribution in [-0.2, 0) is 9.53 Å². The first kappa shape index (κ1) is 12.5. The van der Waals surface area contributed by atoms with Crippen LogP contribution in [0.15, 0.2) is 0 Å². The molecule has 0 aliphatic heterocycles. The van der Waals surface area contributed by atoms with E-state index in [0.717, 1.165) is 19.3 Å². The van der Waals surface area contributed by atoms with E-state index in [1.807, 2.05) is 6.92 Å². The zero-order valence-electron chi connectivity index (χ0n) is 9.30. The van der Waals surface area contributed by atoms with Gasteiger partial charge in [-0.05, 0) is 18.8 Å².